The van der Waals surface area contributed by atoms with Gasteiger partial charge in [-0.2, -0.15) is 0 Å². The maximum absolute atomic E-state index is 15.0. The maximum atomic E-state index is 15.0. The second-order valence-corrected chi connectivity index (χ2v) is 17.7. The molecule has 5 aromatic rings. The molecule has 0 saturated carbocycles. The molecule has 1 atom stereocenters. The molecule has 0 spiro atoms. The number of carbonyl (C=O) groups excluding carboxylic acids is 1. The molecule has 0 aliphatic heterocycles. The Hall–Kier alpha value is -5.45. The summed E-state index contributed by atoms with van der Waals surface area (Å²) in [7, 11) is 5.29. The number of fused-ring (bicyclic) bond motifs is 1. The highest BCUT2D eigenvalue weighted by atomic mass is 28.4. The first-order valence-corrected chi connectivity index (χ1v) is 21.1. The van der Waals surface area contributed by atoms with E-state index in [4.69, 9.17) is 37.6 Å². The third kappa shape index (κ3) is 8.93. The lowest BCUT2D eigenvalue weighted by atomic mass is 9.95. The van der Waals surface area contributed by atoms with E-state index in [9.17, 15) is 4.79 Å². The highest BCUT2D eigenvalue weighted by molar-refractivity contribution is 6.73. The number of ketones is 1. The number of hydrogen-bond donors (Lipinski definition) is 0. The second kappa shape index (κ2) is 19.2. The summed E-state index contributed by atoms with van der Waals surface area (Å²) in [6, 6.07) is 31.5. The Morgan fingerprint density at radius 2 is 1.13 bits per heavy atom. The summed E-state index contributed by atoms with van der Waals surface area (Å²) in [5.74, 6) is 2.52. The Morgan fingerprint density at radius 1 is 0.582 bits per heavy atom. The topological polar surface area (TPSA) is 90.9 Å². The minimum Gasteiger partial charge on any atom is -0.496 e. The molecule has 0 fully saturated rings. The molecule has 10 heteroatoms. The van der Waals surface area contributed by atoms with Crippen molar-refractivity contribution >= 4 is 30.9 Å². The molecule has 0 radical (unpaired) electrons. The zero-order valence-electron chi connectivity index (χ0n) is 33.1. The van der Waals surface area contributed by atoms with Gasteiger partial charge < -0.3 is 37.6 Å². The van der Waals surface area contributed by atoms with Crippen LogP contribution in [0.2, 0.25) is 18.1 Å². The van der Waals surface area contributed by atoms with Gasteiger partial charge in [0.2, 0.25) is 0 Å². The maximum Gasteiger partial charge on any atom is 0.193 e. The minimum atomic E-state index is -2.50. The summed E-state index contributed by atoms with van der Waals surface area (Å²) < 4.78 is 50.3. The molecule has 0 heterocycles. The molecule has 9 nitrogen and oxygen atoms in total. The van der Waals surface area contributed by atoms with E-state index in [-0.39, 0.29) is 18.1 Å². The van der Waals surface area contributed by atoms with Crippen LogP contribution in [0.25, 0.3) is 16.8 Å². The van der Waals surface area contributed by atoms with Gasteiger partial charge in [-0.3, -0.25) is 4.79 Å². The standard InChI is InChI=1S/C45H52O9Si/c1-9-55(10-2,11-3)54-41(34(46)27-26-33-24-18-19-25-35(33)52-29-31-20-14-12-15-21-31)40-43(50-7)38-36(47-4)28-37(48-5)42(49-6)39(38)44(51-8)45(40)53-30-32-22-16-13-17-23-32/h12-28,41H,9-11,29-30H2,1-8H3/b27-26-. The molecule has 0 N–H and O–H groups in total. The fourth-order valence-electron chi connectivity index (χ4n) is 6.82. The van der Waals surface area contributed by atoms with Crippen molar-refractivity contribution in [3.8, 4) is 40.2 Å². The Morgan fingerprint density at radius 3 is 1.67 bits per heavy atom. The van der Waals surface area contributed by atoms with Crippen molar-refractivity contribution in [3.05, 3.63) is 119 Å². The highest BCUT2D eigenvalue weighted by Gasteiger charge is 2.41. The van der Waals surface area contributed by atoms with Crippen molar-refractivity contribution in [2.24, 2.45) is 0 Å². The number of rotatable bonds is 20. The van der Waals surface area contributed by atoms with Crippen LogP contribution in [0.5, 0.6) is 40.2 Å². The van der Waals surface area contributed by atoms with Crippen LogP contribution < -0.4 is 33.2 Å². The first-order valence-electron chi connectivity index (χ1n) is 18.5. The number of ether oxygens (including phenoxy) is 7. The lowest BCUT2D eigenvalue weighted by Gasteiger charge is -2.34. The second-order valence-electron chi connectivity index (χ2n) is 12.9. The summed E-state index contributed by atoms with van der Waals surface area (Å²) in [6.07, 6.45) is 2.19. The summed E-state index contributed by atoms with van der Waals surface area (Å²) in [5, 5.41) is 1.02. The fraction of sp³-hybridized carbons (Fsp3) is 0.311. The van der Waals surface area contributed by atoms with Gasteiger partial charge in [0.15, 0.2) is 37.1 Å². The molecule has 0 saturated heterocycles. The third-order valence-corrected chi connectivity index (χ3v) is 14.6. The molecule has 0 amide bonds. The predicted octanol–water partition coefficient (Wildman–Crippen LogP) is 10.4. The number of para-hydroxylation sites is 1. The number of hydrogen-bond acceptors (Lipinski definition) is 9. The predicted molar refractivity (Wildman–Crippen MR) is 220 cm³/mol. The van der Waals surface area contributed by atoms with Crippen molar-refractivity contribution in [2.75, 3.05) is 35.5 Å². The molecule has 0 aromatic heterocycles. The first-order chi connectivity index (χ1) is 26.8. The Labute approximate surface area is 325 Å². The zero-order chi connectivity index (χ0) is 39.4. The van der Waals surface area contributed by atoms with E-state index in [1.54, 1.807) is 53.8 Å². The molecule has 5 aromatic carbocycles. The summed E-state index contributed by atoms with van der Waals surface area (Å²) in [5.41, 5.74) is 3.09. The van der Waals surface area contributed by atoms with E-state index < -0.39 is 14.4 Å². The van der Waals surface area contributed by atoms with Gasteiger partial charge >= 0.3 is 0 Å². The van der Waals surface area contributed by atoms with Gasteiger partial charge in [-0.25, -0.2) is 0 Å². The quantitative estimate of drug-likeness (QED) is 0.0567. The van der Waals surface area contributed by atoms with Gasteiger partial charge in [0.05, 0.1) is 51.9 Å². The van der Waals surface area contributed by atoms with Gasteiger partial charge in [-0.1, -0.05) is 99.6 Å². The van der Waals surface area contributed by atoms with E-state index >= 15 is 0 Å². The largest absolute Gasteiger partial charge is 0.496 e. The molecule has 0 bridgehead atoms. The van der Waals surface area contributed by atoms with Gasteiger partial charge in [0.1, 0.15) is 36.6 Å². The molecule has 55 heavy (non-hydrogen) atoms. The van der Waals surface area contributed by atoms with Crippen LogP contribution in [0.4, 0.5) is 0 Å². The van der Waals surface area contributed by atoms with E-state index in [0.717, 1.165) is 34.8 Å². The fourth-order valence-corrected chi connectivity index (χ4v) is 9.55. The number of carbonyl (C=O) groups is 1. The van der Waals surface area contributed by atoms with Crippen LogP contribution in [0.1, 0.15) is 49.1 Å². The minimum absolute atomic E-state index is 0.170. The monoisotopic (exact) mass is 764 g/mol. The summed E-state index contributed by atoms with van der Waals surface area (Å²) >= 11 is 0. The van der Waals surface area contributed by atoms with Crippen molar-refractivity contribution < 1.29 is 42.4 Å². The average Bonchev–Trinajstić information content (AvgIpc) is 3.24. The Balaban J connectivity index is 1.76. The Kier molecular flexibility index (Phi) is 14.2. The summed E-state index contributed by atoms with van der Waals surface area (Å²) in [4.78, 5) is 15.0. The van der Waals surface area contributed by atoms with Crippen LogP contribution in [0, 0.1) is 0 Å². The van der Waals surface area contributed by atoms with Gasteiger partial charge in [0, 0.05) is 11.6 Å². The summed E-state index contributed by atoms with van der Waals surface area (Å²) in [6.45, 7) is 6.94. The molecule has 1 unspecified atom stereocenters. The highest BCUT2D eigenvalue weighted by Crippen LogP contribution is 2.57. The van der Waals surface area contributed by atoms with Crippen LogP contribution in [-0.2, 0) is 22.4 Å². The zero-order valence-corrected chi connectivity index (χ0v) is 34.1. The molecule has 5 rings (SSSR count). The number of benzene rings is 5. The molecular weight excluding hydrogens is 713 g/mol. The van der Waals surface area contributed by atoms with Crippen LogP contribution in [0.15, 0.2) is 97.1 Å². The first kappa shape index (κ1) is 40.7. The van der Waals surface area contributed by atoms with Gasteiger partial charge in [-0.05, 0) is 47.5 Å². The normalized spacial score (nSPS) is 12.0. The Bertz CT molecular complexity index is 2050. The average molecular weight is 765 g/mol. The third-order valence-electron chi connectivity index (χ3n) is 10.0. The number of methoxy groups -OCH3 is 5. The smallest absolute Gasteiger partial charge is 0.193 e. The van der Waals surface area contributed by atoms with E-state index in [1.165, 1.54) is 0 Å². The van der Waals surface area contributed by atoms with Crippen LogP contribution >= 0.6 is 0 Å². The molecule has 290 valence electrons. The lowest BCUT2D eigenvalue weighted by molar-refractivity contribution is -0.121. The molecule has 0 aliphatic rings. The SMILES string of the molecule is CC[Si](CC)(CC)OC(C(=O)/C=C\c1ccccc1OCc1ccccc1)c1c(OCc2ccccc2)c(OC)c2c(OC)c(OC)cc(OC)c2c1OC. The van der Waals surface area contributed by atoms with Crippen molar-refractivity contribution in [1.29, 1.82) is 0 Å². The van der Waals surface area contributed by atoms with Crippen LogP contribution in [0.3, 0.4) is 0 Å². The van der Waals surface area contributed by atoms with E-state index in [2.05, 4.69) is 20.8 Å². The van der Waals surface area contributed by atoms with E-state index in [0.29, 0.717) is 57.4 Å². The van der Waals surface area contributed by atoms with Crippen molar-refractivity contribution in [3.63, 3.8) is 0 Å². The molecular formula is C45H52O9Si. The van der Waals surface area contributed by atoms with Gasteiger partial charge in [0.25, 0.3) is 0 Å². The van der Waals surface area contributed by atoms with Crippen LogP contribution in [-0.4, -0.2) is 49.6 Å². The van der Waals surface area contributed by atoms with Crippen molar-refractivity contribution in [1.82, 2.24) is 0 Å². The lowest BCUT2D eigenvalue weighted by Crippen LogP contribution is -2.39. The molecule has 0 aliphatic carbocycles. The van der Waals surface area contributed by atoms with E-state index in [1.807, 2.05) is 84.9 Å². The van der Waals surface area contributed by atoms with Crippen molar-refractivity contribution in [2.45, 2.75) is 58.2 Å². The van der Waals surface area contributed by atoms with Gasteiger partial charge in [-0.15, -0.1) is 0 Å².